The van der Waals surface area contributed by atoms with Crippen LogP contribution in [0.2, 0.25) is 0 Å². The SMILES string of the molecule is C=C[C](N)c1ncccn1. The van der Waals surface area contributed by atoms with Gasteiger partial charge in [0.1, 0.15) is 6.04 Å². The van der Waals surface area contributed by atoms with Gasteiger partial charge in [0.25, 0.3) is 0 Å². The number of rotatable bonds is 2. The van der Waals surface area contributed by atoms with Crippen LogP contribution in [0.4, 0.5) is 0 Å². The van der Waals surface area contributed by atoms with Crippen molar-refractivity contribution in [1.82, 2.24) is 9.97 Å². The number of nitrogens with zero attached hydrogens (tertiary/aromatic N) is 2. The van der Waals surface area contributed by atoms with E-state index in [0.717, 1.165) is 0 Å². The van der Waals surface area contributed by atoms with E-state index in [1.165, 1.54) is 6.08 Å². The molecular formula is C7H8N3. The molecule has 1 rings (SSSR count). The molecule has 10 heavy (non-hydrogen) atoms. The molecule has 0 spiro atoms. The molecule has 0 fully saturated rings. The highest BCUT2D eigenvalue weighted by Gasteiger charge is 2.02. The lowest BCUT2D eigenvalue weighted by Crippen LogP contribution is -2.11. The Labute approximate surface area is 59.6 Å². The van der Waals surface area contributed by atoms with Crippen molar-refractivity contribution in [2.45, 2.75) is 0 Å². The van der Waals surface area contributed by atoms with Gasteiger partial charge in [-0.15, -0.1) is 6.58 Å². The van der Waals surface area contributed by atoms with E-state index < -0.39 is 0 Å². The third kappa shape index (κ3) is 1.39. The fourth-order valence-corrected chi connectivity index (χ4v) is 0.539. The lowest BCUT2D eigenvalue weighted by atomic mass is 10.3. The summed E-state index contributed by atoms with van der Waals surface area (Å²) >= 11 is 0. The second kappa shape index (κ2) is 3.08. The van der Waals surface area contributed by atoms with E-state index in [9.17, 15) is 0 Å². The molecule has 0 bridgehead atoms. The van der Waals surface area contributed by atoms with Crippen LogP contribution in [0.1, 0.15) is 5.82 Å². The Morgan fingerprint density at radius 3 is 2.60 bits per heavy atom. The second-order valence-corrected chi connectivity index (χ2v) is 1.73. The summed E-state index contributed by atoms with van der Waals surface area (Å²) in [6, 6.07) is 2.24. The Morgan fingerprint density at radius 1 is 1.50 bits per heavy atom. The molecule has 1 aromatic rings. The zero-order valence-corrected chi connectivity index (χ0v) is 5.49. The summed E-state index contributed by atoms with van der Waals surface area (Å²) < 4.78 is 0. The van der Waals surface area contributed by atoms with Gasteiger partial charge >= 0.3 is 0 Å². The van der Waals surface area contributed by atoms with E-state index in [4.69, 9.17) is 5.73 Å². The van der Waals surface area contributed by atoms with Crippen LogP contribution in [-0.2, 0) is 0 Å². The van der Waals surface area contributed by atoms with Crippen molar-refractivity contribution in [2.24, 2.45) is 5.73 Å². The fraction of sp³-hybridized carbons (Fsp3) is 0. The van der Waals surface area contributed by atoms with Crippen LogP contribution in [0.15, 0.2) is 31.1 Å². The minimum Gasteiger partial charge on any atom is -0.313 e. The van der Waals surface area contributed by atoms with E-state index in [1.807, 2.05) is 0 Å². The highest BCUT2D eigenvalue weighted by molar-refractivity contribution is 5.20. The predicted octanol–water partition coefficient (Wildman–Crippen LogP) is 0.501. The Morgan fingerprint density at radius 2 is 2.10 bits per heavy atom. The maximum atomic E-state index is 5.47. The zero-order valence-electron chi connectivity index (χ0n) is 5.49. The van der Waals surface area contributed by atoms with Crippen LogP contribution >= 0.6 is 0 Å². The van der Waals surface area contributed by atoms with Crippen molar-refractivity contribution in [1.29, 1.82) is 0 Å². The topological polar surface area (TPSA) is 51.8 Å². The largest absolute Gasteiger partial charge is 0.313 e. The first kappa shape index (κ1) is 6.89. The normalized spacial score (nSPS) is 9.80. The maximum Gasteiger partial charge on any atom is 0.154 e. The Hall–Kier alpha value is -1.22. The molecular weight excluding hydrogens is 126 g/mol. The van der Waals surface area contributed by atoms with Crippen LogP contribution < -0.4 is 5.73 Å². The summed E-state index contributed by atoms with van der Waals surface area (Å²) in [6.45, 7) is 3.49. The molecule has 0 aliphatic rings. The molecule has 3 nitrogen and oxygen atoms in total. The third-order valence-electron chi connectivity index (χ3n) is 1.04. The van der Waals surface area contributed by atoms with Gasteiger partial charge in [-0.2, -0.15) is 0 Å². The van der Waals surface area contributed by atoms with Gasteiger partial charge in [0.05, 0.1) is 0 Å². The van der Waals surface area contributed by atoms with Crippen molar-refractivity contribution in [3.8, 4) is 0 Å². The molecule has 0 atom stereocenters. The molecule has 0 saturated carbocycles. The maximum absolute atomic E-state index is 5.47. The van der Waals surface area contributed by atoms with Gasteiger partial charge in [-0.1, -0.05) is 6.08 Å². The van der Waals surface area contributed by atoms with E-state index in [0.29, 0.717) is 11.9 Å². The third-order valence-corrected chi connectivity index (χ3v) is 1.04. The summed E-state index contributed by atoms with van der Waals surface area (Å²) in [5.74, 6) is 0.525. The second-order valence-electron chi connectivity index (χ2n) is 1.73. The van der Waals surface area contributed by atoms with Gasteiger partial charge in [-0.05, 0) is 6.07 Å². The Kier molecular flexibility index (Phi) is 2.12. The number of hydrogen-bond acceptors (Lipinski definition) is 3. The summed E-state index contributed by atoms with van der Waals surface area (Å²) in [7, 11) is 0. The first-order valence-electron chi connectivity index (χ1n) is 2.87. The molecule has 1 aromatic heterocycles. The Balaban J connectivity index is 2.84. The lowest BCUT2D eigenvalue weighted by Gasteiger charge is -1.99. The fourth-order valence-electron chi connectivity index (χ4n) is 0.539. The molecule has 1 heterocycles. The van der Waals surface area contributed by atoms with E-state index in [2.05, 4.69) is 16.5 Å². The molecule has 0 aliphatic heterocycles. The van der Waals surface area contributed by atoms with Gasteiger partial charge < -0.3 is 5.73 Å². The summed E-state index contributed by atoms with van der Waals surface area (Å²) in [5.41, 5.74) is 5.47. The molecule has 1 radical (unpaired) electrons. The average Bonchev–Trinajstić information content (AvgIpc) is 2.05. The molecule has 0 amide bonds. The Bertz CT molecular complexity index is 207. The number of nitrogens with two attached hydrogens (primary N) is 1. The van der Waals surface area contributed by atoms with Gasteiger partial charge in [0, 0.05) is 12.4 Å². The molecule has 0 unspecified atom stereocenters. The summed E-state index contributed by atoms with van der Waals surface area (Å²) in [6.07, 6.45) is 4.80. The average molecular weight is 134 g/mol. The minimum atomic E-state index is 0.501. The molecule has 3 heteroatoms. The standard InChI is InChI=1S/C7H8N3/c1-2-6(8)7-9-4-3-5-10-7/h2-5H,1,8H2. The number of hydrogen-bond donors (Lipinski definition) is 1. The van der Waals surface area contributed by atoms with E-state index in [1.54, 1.807) is 18.5 Å². The van der Waals surface area contributed by atoms with Crippen LogP contribution in [0.3, 0.4) is 0 Å². The van der Waals surface area contributed by atoms with Crippen molar-refractivity contribution in [2.75, 3.05) is 0 Å². The highest BCUT2D eigenvalue weighted by Crippen LogP contribution is 1.99. The smallest absolute Gasteiger partial charge is 0.154 e. The quantitative estimate of drug-likeness (QED) is 0.640. The molecule has 2 N–H and O–H groups in total. The summed E-state index contributed by atoms with van der Waals surface area (Å²) in [5, 5.41) is 0. The van der Waals surface area contributed by atoms with Crippen LogP contribution in [0, 0.1) is 6.04 Å². The van der Waals surface area contributed by atoms with Crippen LogP contribution in [-0.4, -0.2) is 9.97 Å². The highest BCUT2D eigenvalue weighted by atomic mass is 14.9. The lowest BCUT2D eigenvalue weighted by molar-refractivity contribution is 0.985. The van der Waals surface area contributed by atoms with Crippen molar-refractivity contribution < 1.29 is 0 Å². The first-order chi connectivity index (χ1) is 4.84. The van der Waals surface area contributed by atoms with E-state index in [-0.39, 0.29) is 0 Å². The molecule has 0 aromatic carbocycles. The van der Waals surface area contributed by atoms with Crippen LogP contribution in [0.25, 0.3) is 0 Å². The predicted molar refractivity (Wildman–Crippen MR) is 38.8 cm³/mol. The van der Waals surface area contributed by atoms with Crippen LogP contribution in [0.5, 0.6) is 0 Å². The van der Waals surface area contributed by atoms with Gasteiger partial charge in [-0.3, -0.25) is 0 Å². The monoisotopic (exact) mass is 134 g/mol. The zero-order chi connectivity index (χ0) is 7.40. The van der Waals surface area contributed by atoms with Crippen molar-refractivity contribution in [3.63, 3.8) is 0 Å². The van der Waals surface area contributed by atoms with E-state index >= 15 is 0 Å². The minimum absolute atomic E-state index is 0.501. The summed E-state index contributed by atoms with van der Waals surface area (Å²) in [4.78, 5) is 7.81. The van der Waals surface area contributed by atoms with Gasteiger partial charge in [0.2, 0.25) is 0 Å². The van der Waals surface area contributed by atoms with Gasteiger partial charge in [0.15, 0.2) is 5.82 Å². The van der Waals surface area contributed by atoms with Crippen molar-refractivity contribution in [3.05, 3.63) is 43.0 Å². The number of aromatic nitrogens is 2. The molecule has 51 valence electrons. The molecule has 0 saturated heterocycles. The van der Waals surface area contributed by atoms with Crippen molar-refractivity contribution >= 4 is 0 Å². The first-order valence-corrected chi connectivity index (χ1v) is 2.87. The molecule has 0 aliphatic carbocycles. The van der Waals surface area contributed by atoms with Gasteiger partial charge in [-0.25, -0.2) is 9.97 Å².